The second kappa shape index (κ2) is 6.66. The fourth-order valence-electron chi connectivity index (χ4n) is 1.74. The van der Waals surface area contributed by atoms with Gasteiger partial charge in [-0.3, -0.25) is 4.79 Å². The van der Waals surface area contributed by atoms with Gasteiger partial charge in [0.1, 0.15) is 17.5 Å². The zero-order valence-electron chi connectivity index (χ0n) is 11.6. The maximum atomic E-state index is 13.4. The Hall–Kier alpha value is -1.96. The molecular formula is C13H14F2N4OS. The van der Waals surface area contributed by atoms with Crippen molar-refractivity contribution in [3.63, 3.8) is 0 Å². The van der Waals surface area contributed by atoms with Crippen LogP contribution in [0, 0.1) is 18.6 Å². The first-order valence-electron chi connectivity index (χ1n) is 6.28. The molecule has 1 heterocycles. The summed E-state index contributed by atoms with van der Waals surface area (Å²) >= 11 is 1.21. The molecule has 2 rings (SSSR count). The van der Waals surface area contributed by atoms with Crippen molar-refractivity contribution in [1.82, 2.24) is 14.8 Å². The number of thioether (sulfide) groups is 1. The van der Waals surface area contributed by atoms with Crippen molar-refractivity contribution in [2.24, 2.45) is 0 Å². The number of nitrogens with zero attached hydrogens (tertiary/aromatic N) is 3. The number of hydrogen-bond acceptors (Lipinski definition) is 4. The third-order valence-corrected chi connectivity index (χ3v) is 3.72. The Morgan fingerprint density at radius 2 is 2.14 bits per heavy atom. The molecule has 0 spiro atoms. The lowest BCUT2D eigenvalue weighted by Crippen LogP contribution is -2.15. The molecule has 1 N–H and O–H groups in total. The lowest BCUT2D eigenvalue weighted by Gasteiger charge is -2.07. The van der Waals surface area contributed by atoms with Crippen molar-refractivity contribution >= 4 is 23.4 Å². The standard InChI is InChI=1S/C13H14F2N4OS/c1-3-19-8(2)17-18-13(19)21-7-12(20)16-11-5-4-9(14)6-10(11)15/h4-6H,3,7H2,1-2H3,(H,16,20). The van der Waals surface area contributed by atoms with Crippen molar-refractivity contribution in [3.8, 4) is 0 Å². The highest BCUT2D eigenvalue weighted by molar-refractivity contribution is 7.99. The van der Waals surface area contributed by atoms with Gasteiger partial charge < -0.3 is 9.88 Å². The summed E-state index contributed by atoms with van der Waals surface area (Å²) in [5.74, 6) is -1.05. The zero-order valence-corrected chi connectivity index (χ0v) is 12.4. The Labute approximate surface area is 124 Å². The van der Waals surface area contributed by atoms with Crippen LogP contribution in [0.3, 0.4) is 0 Å². The van der Waals surface area contributed by atoms with Crippen LogP contribution in [0.2, 0.25) is 0 Å². The molecule has 0 aliphatic rings. The van der Waals surface area contributed by atoms with Gasteiger partial charge in [0.15, 0.2) is 5.16 Å². The lowest BCUT2D eigenvalue weighted by atomic mass is 10.3. The second-order valence-electron chi connectivity index (χ2n) is 4.24. The van der Waals surface area contributed by atoms with Crippen LogP contribution in [0.5, 0.6) is 0 Å². The maximum absolute atomic E-state index is 13.4. The summed E-state index contributed by atoms with van der Waals surface area (Å²) in [5, 5.41) is 10.9. The van der Waals surface area contributed by atoms with Gasteiger partial charge in [-0.1, -0.05) is 11.8 Å². The summed E-state index contributed by atoms with van der Waals surface area (Å²) in [6, 6.07) is 2.99. The molecule has 0 saturated carbocycles. The predicted molar refractivity (Wildman–Crippen MR) is 76.1 cm³/mol. The number of amides is 1. The van der Waals surface area contributed by atoms with E-state index in [1.54, 1.807) is 0 Å². The molecular weight excluding hydrogens is 298 g/mol. The minimum Gasteiger partial charge on any atom is -0.323 e. The molecule has 1 aromatic heterocycles. The van der Waals surface area contributed by atoms with Gasteiger partial charge in [-0.2, -0.15) is 0 Å². The van der Waals surface area contributed by atoms with Gasteiger partial charge in [-0.05, 0) is 26.0 Å². The molecule has 1 aromatic carbocycles. The SMILES string of the molecule is CCn1c(C)nnc1SCC(=O)Nc1ccc(F)cc1F. The first-order chi connectivity index (χ1) is 10.0. The van der Waals surface area contributed by atoms with E-state index in [1.807, 2.05) is 18.4 Å². The Balaban J connectivity index is 1.96. The zero-order chi connectivity index (χ0) is 15.4. The molecule has 2 aromatic rings. The van der Waals surface area contributed by atoms with Crippen LogP contribution >= 0.6 is 11.8 Å². The van der Waals surface area contributed by atoms with Crippen molar-refractivity contribution in [1.29, 1.82) is 0 Å². The molecule has 21 heavy (non-hydrogen) atoms. The van der Waals surface area contributed by atoms with Crippen LogP contribution in [0.15, 0.2) is 23.4 Å². The predicted octanol–water partition coefficient (Wildman–Crippen LogP) is 2.62. The minimum absolute atomic E-state index is 0.0462. The molecule has 1 amide bonds. The van der Waals surface area contributed by atoms with Crippen LogP contribution in [0.25, 0.3) is 0 Å². The van der Waals surface area contributed by atoms with Gasteiger partial charge >= 0.3 is 0 Å². The van der Waals surface area contributed by atoms with E-state index < -0.39 is 17.5 Å². The summed E-state index contributed by atoms with van der Waals surface area (Å²) in [7, 11) is 0. The molecule has 0 atom stereocenters. The van der Waals surface area contributed by atoms with E-state index in [-0.39, 0.29) is 11.4 Å². The molecule has 5 nitrogen and oxygen atoms in total. The number of aromatic nitrogens is 3. The molecule has 0 radical (unpaired) electrons. The van der Waals surface area contributed by atoms with Crippen LogP contribution < -0.4 is 5.32 Å². The average Bonchev–Trinajstić information content (AvgIpc) is 2.80. The summed E-state index contributed by atoms with van der Waals surface area (Å²) < 4.78 is 28.0. The van der Waals surface area contributed by atoms with Gasteiger partial charge in [0, 0.05) is 12.6 Å². The number of carbonyl (C=O) groups excluding carboxylic acids is 1. The Morgan fingerprint density at radius 1 is 1.38 bits per heavy atom. The van der Waals surface area contributed by atoms with E-state index >= 15 is 0 Å². The number of rotatable bonds is 5. The molecule has 112 valence electrons. The van der Waals surface area contributed by atoms with Gasteiger partial charge in [0.05, 0.1) is 11.4 Å². The lowest BCUT2D eigenvalue weighted by molar-refractivity contribution is -0.113. The smallest absolute Gasteiger partial charge is 0.234 e. The second-order valence-corrected chi connectivity index (χ2v) is 5.18. The van der Waals surface area contributed by atoms with Gasteiger partial charge in [-0.25, -0.2) is 8.78 Å². The van der Waals surface area contributed by atoms with Crippen molar-refractivity contribution in [2.75, 3.05) is 11.1 Å². The van der Waals surface area contributed by atoms with Crippen LogP contribution in [0.4, 0.5) is 14.5 Å². The third-order valence-electron chi connectivity index (χ3n) is 2.76. The highest BCUT2D eigenvalue weighted by Crippen LogP contribution is 2.18. The summed E-state index contributed by atoms with van der Waals surface area (Å²) in [6.07, 6.45) is 0. The van der Waals surface area contributed by atoms with Crippen molar-refractivity contribution in [3.05, 3.63) is 35.7 Å². The fourth-order valence-corrected chi connectivity index (χ4v) is 2.59. The number of benzene rings is 1. The highest BCUT2D eigenvalue weighted by atomic mass is 32.2. The molecule has 0 saturated heterocycles. The van der Waals surface area contributed by atoms with Gasteiger partial charge in [0.25, 0.3) is 0 Å². The maximum Gasteiger partial charge on any atom is 0.234 e. The number of nitrogens with one attached hydrogen (secondary N) is 1. The summed E-state index contributed by atoms with van der Waals surface area (Å²) in [6.45, 7) is 4.48. The van der Waals surface area contributed by atoms with Gasteiger partial charge in [0.2, 0.25) is 5.91 Å². The molecule has 0 aliphatic carbocycles. The first-order valence-corrected chi connectivity index (χ1v) is 7.27. The monoisotopic (exact) mass is 312 g/mol. The van der Waals surface area contributed by atoms with Crippen molar-refractivity contribution in [2.45, 2.75) is 25.5 Å². The average molecular weight is 312 g/mol. The third kappa shape index (κ3) is 3.78. The number of halogens is 2. The van der Waals surface area contributed by atoms with Gasteiger partial charge in [-0.15, -0.1) is 10.2 Å². The van der Waals surface area contributed by atoms with Crippen molar-refractivity contribution < 1.29 is 13.6 Å². The summed E-state index contributed by atoms with van der Waals surface area (Å²) in [5.41, 5.74) is -0.0462. The number of anilines is 1. The Bertz CT molecular complexity index is 660. The van der Waals surface area contributed by atoms with E-state index in [9.17, 15) is 13.6 Å². The quantitative estimate of drug-likeness (QED) is 0.862. The molecule has 0 fully saturated rings. The Morgan fingerprint density at radius 3 is 2.81 bits per heavy atom. The largest absolute Gasteiger partial charge is 0.323 e. The summed E-state index contributed by atoms with van der Waals surface area (Å²) in [4.78, 5) is 11.8. The van der Waals surface area contributed by atoms with E-state index in [1.165, 1.54) is 17.8 Å². The normalized spacial score (nSPS) is 10.7. The van der Waals surface area contributed by atoms with E-state index in [4.69, 9.17) is 0 Å². The van der Waals surface area contributed by atoms with E-state index in [0.29, 0.717) is 11.7 Å². The molecule has 0 bridgehead atoms. The highest BCUT2D eigenvalue weighted by Gasteiger charge is 2.12. The fraction of sp³-hybridized carbons (Fsp3) is 0.308. The number of aryl methyl sites for hydroxylation is 1. The minimum atomic E-state index is -0.805. The van der Waals surface area contributed by atoms with E-state index in [2.05, 4.69) is 15.5 Å². The Kier molecular flexibility index (Phi) is 4.89. The van der Waals surface area contributed by atoms with E-state index in [0.717, 1.165) is 18.0 Å². The first kappa shape index (κ1) is 15.4. The van der Waals surface area contributed by atoms with Crippen LogP contribution in [-0.4, -0.2) is 26.4 Å². The molecule has 0 aliphatic heterocycles. The topological polar surface area (TPSA) is 59.8 Å². The van der Waals surface area contributed by atoms with Crippen LogP contribution in [-0.2, 0) is 11.3 Å². The molecule has 0 unspecified atom stereocenters. The number of carbonyl (C=O) groups is 1. The number of hydrogen-bond donors (Lipinski definition) is 1. The van der Waals surface area contributed by atoms with Crippen LogP contribution in [0.1, 0.15) is 12.7 Å². The molecule has 8 heteroatoms.